The summed E-state index contributed by atoms with van der Waals surface area (Å²) in [6.45, 7) is 0. The minimum atomic E-state index is 0.594. The van der Waals surface area contributed by atoms with E-state index in [2.05, 4.69) is 174 Å². The first kappa shape index (κ1) is 38.9. The van der Waals surface area contributed by atoms with E-state index in [1.54, 1.807) is 0 Å². The van der Waals surface area contributed by atoms with E-state index in [9.17, 15) is 0 Å². The van der Waals surface area contributed by atoms with E-state index in [4.69, 9.17) is 18.2 Å². The molecule has 0 saturated heterocycles. The Balaban J connectivity index is 0.864. The highest BCUT2D eigenvalue weighted by atomic mass is 32.1. The van der Waals surface area contributed by atoms with Gasteiger partial charge in [0, 0.05) is 99.6 Å². The van der Waals surface area contributed by atoms with Gasteiger partial charge in [-0.05, 0) is 131 Å². The number of hydrogen-bond donors (Lipinski definition) is 0. The van der Waals surface area contributed by atoms with Crippen molar-refractivity contribution >= 4 is 142 Å². The summed E-state index contributed by atoms with van der Waals surface area (Å²) < 4.78 is 21.9. The Morgan fingerprint density at radius 3 is 1.39 bits per heavy atom. The van der Waals surface area contributed by atoms with Crippen molar-refractivity contribution in [2.75, 3.05) is 9.80 Å². The Kier molecular flexibility index (Phi) is 8.43. The lowest BCUT2D eigenvalue weighted by Crippen LogP contribution is -2.10. The molecule has 0 unspecified atom stereocenters. The van der Waals surface area contributed by atoms with Crippen LogP contribution in [0.3, 0.4) is 0 Å². The lowest BCUT2D eigenvalue weighted by molar-refractivity contribution is 0.620. The topological polar surface area (TPSA) is 58.8 Å². The van der Waals surface area contributed by atoms with Gasteiger partial charge in [-0.1, -0.05) is 97.1 Å². The monoisotopic (exact) mass is 915 g/mol. The molecule has 15 aromatic rings. The highest BCUT2D eigenvalue weighted by Crippen LogP contribution is 2.45. The number of fused-ring (bicyclic) bond motifs is 13. The van der Waals surface area contributed by atoms with Gasteiger partial charge in [0.25, 0.3) is 0 Å². The quantitative estimate of drug-likeness (QED) is 0.149. The Morgan fingerprint density at radius 2 is 0.757 bits per heavy atom. The molecule has 6 nitrogen and oxygen atoms in total. The predicted octanol–water partition coefficient (Wildman–Crippen LogP) is 18.9. The van der Waals surface area contributed by atoms with Gasteiger partial charge in [-0.25, -0.2) is 4.98 Å². The van der Waals surface area contributed by atoms with Gasteiger partial charge < -0.3 is 23.1 Å². The van der Waals surface area contributed by atoms with Crippen LogP contribution in [0, 0.1) is 0 Å². The number of oxazole rings is 1. The number of thiophene rings is 1. The van der Waals surface area contributed by atoms with Crippen molar-refractivity contribution in [2.45, 2.75) is 0 Å². The average molecular weight is 916 g/mol. The summed E-state index contributed by atoms with van der Waals surface area (Å²) >= 11 is 1.83. The van der Waals surface area contributed by atoms with Gasteiger partial charge in [-0.3, -0.25) is 0 Å². The zero-order valence-electron chi connectivity index (χ0n) is 37.3. The summed E-state index contributed by atoms with van der Waals surface area (Å²) in [7, 11) is 0. The maximum atomic E-state index is 6.46. The van der Waals surface area contributed by atoms with E-state index in [0.29, 0.717) is 11.5 Å². The molecule has 11 aromatic carbocycles. The minimum Gasteiger partial charge on any atom is -0.456 e. The van der Waals surface area contributed by atoms with Gasteiger partial charge in [0.05, 0.1) is 0 Å². The lowest BCUT2D eigenvalue weighted by Gasteiger charge is -2.26. The second-order valence-corrected chi connectivity index (χ2v) is 19.0. The molecular weight excluding hydrogens is 879 g/mol. The van der Waals surface area contributed by atoms with Gasteiger partial charge in [-0.2, -0.15) is 0 Å². The molecule has 15 rings (SSSR count). The first-order chi connectivity index (χ1) is 34.6. The van der Waals surface area contributed by atoms with Crippen LogP contribution in [0.2, 0.25) is 0 Å². The molecule has 328 valence electrons. The molecule has 0 radical (unpaired) electrons. The molecule has 0 bridgehead atoms. The normalized spacial score (nSPS) is 12.0. The van der Waals surface area contributed by atoms with Gasteiger partial charge >= 0.3 is 0 Å². The van der Waals surface area contributed by atoms with Crippen molar-refractivity contribution in [2.24, 2.45) is 0 Å². The lowest BCUT2D eigenvalue weighted by atomic mass is 9.99. The molecule has 0 aliphatic heterocycles. The first-order valence-corrected chi connectivity index (χ1v) is 24.2. The van der Waals surface area contributed by atoms with E-state index in [1.165, 1.54) is 30.9 Å². The van der Waals surface area contributed by atoms with Crippen LogP contribution in [0.4, 0.5) is 34.1 Å². The molecule has 0 N–H and O–H groups in total. The molecule has 7 heteroatoms. The van der Waals surface area contributed by atoms with E-state index in [1.807, 2.05) is 72.0 Å². The van der Waals surface area contributed by atoms with Crippen LogP contribution < -0.4 is 9.80 Å². The second kappa shape index (κ2) is 15.2. The molecule has 0 amide bonds. The first-order valence-electron chi connectivity index (χ1n) is 23.4. The van der Waals surface area contributed by atoms with Crippen LogP contribution in [0.1, 0.15) is 0 Å². The molecule has 0 aliphatic rings. The van der Waals surface area contributed by atoms with Crippen LogP contribution >= 0.6 is 11.3 Å². The number of hydrogen-bond acceptors (Lipinski definition) is 7. The predicted molar refractivity (Wildman–Crippen MR) is 291 cm³/mol. The third-order valence-corrected chi connectivity index (χ3v) is 15.0. The molecule has 0 fully saturated rings. The van der Waals surface area contributed by atoms with Crippen LogP contribution in [-0.2, 0) is 0 Å². The molecule has 4 aromatic heterocycles. The third kappa shape index (κ3) is 6.15. The summed E-state index contributed by atoms with van der Waals surface area (Å²) in [4.78, 5) is 9.48. The van der Waals surface area contributed by atoms with Crippen molar-refractivity contribution in [3.8, 4) is 11.5 Å². The van der Waals surface area contributed by atoms with Crippen molar-refractivity contribution in [3.63, 3.8) is 0 Å². The van der Waals surface area contributed by atoms with Gasteiger partial charge in [0.2, 0.25) is 5.89 Å². The summed E-state index contributed by atoms with van der Waals surface area (Å²) in [5.41, 5.74) is 12.0. The van der Waals surface area contributed by atoms with Crippen molar-refractivity contribution < 1.29 is 13.3 Å². The van der Waals surface area contributed by atoms with Crippen molar-refractivity contribution in [1.82, 2.24) is 4.98 Å². The van der Waals surface area contributed by atoms with Gasteiger partial charge in [0.1, 0.15) is 27.8 Å². The standard InChI is InChI=1S/C63H37N3O3S/c1-2-10-38(11-3-1)63-64-55-30-24-46(37-60(55)69-63)66(45-23-29-52-50-13-5-8-16-57(50)68-59(52)36-45)42-21-27-48-40(33-42)19-18-39-32-41(20-26-47(39)48)65(43-25-31-62-54(34-43)53-14-6-9-17-61(53)70-62)44-22-28-51-49-12-4-7-15-56(49)67-58(51)35-44/h1-37H. The summed E-state index contributed by atoms with van der Waals surface area (Å²) in [5.74, 6) is 0.594. The van der Waals surface area contributed by atoms with Gasteiger partial charge in [0.15, 0.2) is 5.58 Å². The number of benzene rings is 11. The molecule has 70 heavy (non-hydrogen) atoms. The number of furan rings is 2. The number of aromatic nitrogens is 1. The Hall–Kier alpha value is -9.17. The van der Waals surface area contributed by atoms with Crippen molar-refractivity contribution in [1.29, 1.82) is 0 Å². The Morgan fingerprint density at radius 1 is 0.300 bits per heavy atom. The van der Waals surface area contributed by atoms with Crippen LogP contribution in [0.25, 0.3) is 108 Å². The molecule has 0 spiro atoms. The molecule has 0 aliphatic carbocycles. The number of nitrogens with zero attached hydrogens (tertiary/aromatic N) is 3. The molecule has 0 saturated carbocycles. The van der Waals surface area contributed by atoms with E-state index in [0.717, 1.165) is 99.9 Å². The fourth-order valence-corrected chi connectivity index (χ4v) is 11.6. The zero-order chi connectivity index (χ0) is 45.9. The average Bonchev–Trinajstić information content (AvgIpc) is 4.20. The third-order valence-electron chi connectivity index (χ3n) is 13.8. The van der Waals surface area contributed by atoms with E-state index in [-0.39, 0.29) is 0 Å². The number of anilines is 6. The largest absolute Gasteiger partial charge is 0.456 e. The summed E-state index contributed by atoms with van der Waals surface area (Å²) in [6, 6.07) is 79.4. The fourth-order valence-electron chi connectivity index (χ4n) is 10.5. The maximum absolute atomic E-state index is 6.46. The summed E-state index contributed by atoms with van der Waals surface area (Å²) in [6.07, 6.45) is 0. The van der Waals surface area contributed by atoms with Gasteiger partial charge in [-0.15, -0.1) is 11.3 Å². The second-order valence-electron chi connectivity index (χ2n) is 17.9. The smallest absolute Gasteiger partial charge is 0.227 e. The number of rotatable bonds is 7. The van der Waals surface area contributed by atoms with Crippen LogP contribution in [0.15, 0.2) is 238 Å². The number of para-hydroxylation sites is 2. The zero-order valence-corrected chi connectivity index (χ0v) is 38.2. The Labute approximate surface area is 404 Å². The Bertz CT molecular complexity index is 4580. The van der Waals surface area contributed by atoms with E-state index >= 15 is 0 Å². The highest BCUT2D eigenvalue weighted by molar-refractivity contribution is 7.25. The van der Waals surface area contributed by atoms with Crippen LogP contribution in [0.5, 0.6) is 0 Å². The SMILES string of the molecule is c1ccc(-c2nc3ccc(N(c4ccc5c(ccc6cc(N(c7ccc8c(c7)oc7ccccc78)c7ccc8sc9ccccc9c8c7)ccc65)c4)c4ccc5c(c4)oc4ccccc45)cc3o2)cc1. The fraction of sp³-hybridized carbons (Fsp3) is 0. The van der Waals surface area contributed by atoms with Crippen molar-refractivity contribution in [3.05, 3.63) is 224 Å². The van der Waals surface area contributed by atoms with Crippen LogP contribution in [-0.4, -0.2) is 4.98 Å². The maximum Gasteiger partial charge on any atom is 0.227 e. The highest BCUT2D eigenvalue weighted by Gasteiger charge is 2.21. The summed E-state index contributed by atoms with van der Waals surface area (Å²) in [5, 5.41) is 11.5. The van der Waals surface area contributed by atoms with E-state index < -0.39 is 0 Å². The molecule has 4 heterocycles. The molecular formula is C63H37N3O3S. The minimum absolute atomic E-state index is 0.594. The molecule has 0 atom stereocenters.